The fourth-order valence-electron chi connectivity index (χ4n) is 14.6. The van der Waals surface area contributed by atoms with Crippen LogP contribution < -0.4 is 0 Å². The summed E-state index contributed by atoms with van der Waals surface area (Å²) in [5.74, 6) is 0.699. The van der Waals surface area contributed by atoms with E-state index in [0.717, 1.165) is 32.1 Å². The maximum atomic E-state index is 12.5. The van der Waals surface area contributed by atoms with Crippen LogP contribution in [0.3, 0.4) is 0 Å². The van der Waals surface area contributed by atoms with Crippen LogP contribution in [0, 0.1) is 45.3 Å². The van der Waals surface area contributed by atoms with Crippen LogP contribution in [0.15, 0.2) is 11.6 Å². The third-order valence-electron chi connectivity index (χ3n) is 19.0. The van der Waals surface area contributed by atoms with Gasteiger partial charge < -0.3 is 94.8 Å². The van der Waals surface area contributed by atoms with Crippen molar-refractivity contribution < 1.29 is 94.8 Å². The first-order valence-electron chi connectivity index (χ1n) is 25.1. The SMILES string of the molecule is CC[C@@]12CCC([C@H](C)CC[C@@H](O[C@@H]3O[C@H](COC4O[C@H](CO)[C@@H](O)[C@H](O)[C@H]4O)[C@@H](O)[C@H](O)[C@H]3O[C@@H]3O[C@H](CO)[C@@H](O)[C@H](O)[C@H]3O)C(C)(C)O)[C@@]1(C)C[C@@H](O)[C@@]1(C)C3CC[C@H](O)C(C)(C)C3=CCC12. The highest BCUT2D eigenvalue weighted by Gasteiger charge is 2.71. The van der Waals surface area contributed by atoms with Gasteiger partial charge in [-0.2, -0.15) is 0 Å². The van der Waals surface area contributed by atoms with Crippen LogP contribution in [-0.4, -0.2) is 202 Å². The number of fused-ring (bicyclic) bond motifs is 5. The normalized spacial score (nSPS) is 50.4. The molecule has 0 aromatic carbocycles. The molecule has 7 rings (SSSR count). The van der Waals surface area contributed by atoms with Crippen LogP contribution in [0.25, 0.3) is 0 Å². The van der Waals surface area contributed by atoms with E-state index in [1.165, 1.54) is 5.57 Å². The number of ether oxygens (including phenoxy) is 6. The molecule has 3 aliphatic heterocycles. The molecule has 0 radical (unpaired) electrons. The zero-order valence-corrected chi connectivity index (χ0v) is 41.0. The van der Waals surface area contributed by atoms with Gasteiger partial charge in [-0.05, 0) is 106 Å². The van der Waals surface area contributed by atoms with Gasteiger partial charge >= 0.3 is 0 Å². The summed E-state index contributed by atoms with van der Waals surface area (Å²) in [6.45, 7) is 14.4. The average Bonchev–Trinajstić information content (AvgIpc) is 3.59. The van der Waals surface area contributed by atoms with Crippen LogP contribution in [0.1, 0.15) is 113 Å². The molecule has 4 aliphatic carbocycles. The number of hydrogen-bond donors (Lipinski definition) is 13. The Hall–Kier alpha value is -1.02. The first-order valence-corrected chi connectivity index (χ1v) is 25.1. The highest BCUT2D eigenvalue weighted by Crippen LogP contribution is 2.76. The number of rotatable bonds is 15. The predicted molar refractivity (Wildman–Crippen MR) is 240 cm³/mol. The minimum absolute atomic E-state index is 0.0527. The lowest BCUT2D eigenvalue weighted by molar-refractivity contribution is -0.380. The molecule has 19 nitrogen and oxygen atoms in total. The summed E-state index contributed by atoms with van der Waals surface area (Å²) in [4.78, 5) is 0. The van der Waals surface area contributed by atoms with Crippen molar-refractivity contribution in [3.8, 4) is 0 Å². The summed E-state index contributed by atoms with van der Waals surface area (Å²) < 4.78 is 35.5. The highest BCUT2D eigenvalue weighted by molar-refractivity contribution is 5.32. The Morgan fingerprint density at radius 3 is 1.87 bits per heavy atom. The quantitative estimate of drug-likeness (QED) is 0.0906. The number of aliphatic hydroxyl groups excluding tert-OH is 12. The van der Waals surface area contributed by atoms with E-state index in [2.05, 4.69) is 47.6 Å². The van der Waals surface area contributed by atoms with Crippen molar-refractivity contribution in [3.63, 3.8) is 0 Å². The second-order valence-electron chi connectivity index (χ2n) is 23.2. The average molecular weight is 977 g/mol. The third-order valence-corrected chi connectivity index (χ3v) is 19.0. The van der Waals surface area contributed by atoms with E-state index in [0.29, 0.717) is 19.3 Å². The summed E-state index contributed by atoms with van der Waals surface area (Å²) in [7, 11) is 0. The second-order valence-corrected chi connectivity index (χ2v) is 23.2. The summed E-state index contributed by atoms with van der Waals surface area (Å²) in [5, 5.41) is 141. The Morgan fingerprint density at radius 2 is 1.28 bits per heavy atom. The summed E-state index contributed by atoms with van der Waals surface area (Å²) in [6, 6.07) is 0. The lowest BCUT2D eigenvalue weighted by Gasteiger charge is -2.68. The van der Waals surface area contributed by atoms with Crippen LogP contribution in [-0.2, 0) is 28.4 Å². The van der Waals surface area contributed by atoms with Crippen molar-refractivity contribution in [1.29, 1.82) is 0 Å². The van der Waals surface area contributed by atoms with Gasteiger partial charge in [-0.1, -0.05) is 53.2 Å². The van der Waals surface area contributed by atoms with Crippen molar-refractivity contribution in [2.24, 2.45) is 45.3 Å². The van der Waals surface area contributed by atoms with Gasteiger partial charge in [-0.15, -0.1) is 0 Å². The first-order chi connectivity index (χ1) is 31.7. The Labute approximate surface area is 400 Å². The highest BCUT2D eigenvalue weighted by atomic mass is 16.8. The number of allylic oxidation sites excluding steroid dienone is 1. The van der Waals surface area contributed by atoms with E-state index in [4.69, 9.17) is 28.4 Å². The predicted octanol–water partition coefficient (Wildman–Crippen LogP) is -0.666. The fourth-order valence-corrected chi connectivity index (χ4v) is 14.6. The number of aliphatic hydroxyl groups is 13. The minimum atomic E-state index is -1.90. The molecule has 3 saturated heterocycles. The molecule has 19 heteroatoms. The molecular formula is C49H84O19. The second kappa shape index (κ2) is 20.4. The molecule has 0 bridgehead atoms. The first kappa shape index (κ1) is 54.7. The van der Waals surface area contributed by atoms with Crippen molar-refractivity contribution in [2.75, 3.05) is 19.8 Å². The lowest BCUT2D eigenvalue weighted by Crippen LogP contribution is -2.65. The Bertz CT molecular complexity index is 1720. The van der Waals surface area contributed by atoms with Gasteiger partial charge in [0.25, 0.3) is 0 Å². The molecule has 68 heavy (non-hydrogen) atoms. The van der Waals surface area contributed by atoms with Gasteiger partial charge in [-0.3, -0.25) is 0 Å². The lowest BCUT2D eigenvalue weighted by atomic mass is 9.37. The van der Waals surface area contributed by atoms with Crippen LogP contribution >= 0.6 is 0 Å². The zero-order chi connectivity index (χ0) is 50.2. The third kappa shape index (κ3) is 9.21. The molecule has 25 atom stereocenters. The van der Waals surface area contributed by atoms with Gasteiger partial charge in [0, 0.05) is 10.8 Å². The monoisotopic (exact) mass is 977 g/mol. The smallest absolute Gasteiger partial charge is 0.187 e. The molecule has 0 aromatic rings. The van der Waals surface area contributed by atoms with Gasteiger partial charge in [0.1, 0.15) is 73.2 Å². The Morgan fingerprint density at radius 1 is 0.706 bits per heavy atom. The standard InChI is InChI=1S/C49H84O19/c1-9-49-17-16-23(47(49,7)18-31(53)48(8)25-12-14-30(52)45(3,4)24(25)11-13-29(48)49)22(2)10-15-32(46(5,6)62)67-44-41(68-43-40(61)37(58)34(55)27(20-51)65-43)38(59)35(56)28(66-44)21-63-42-39(60)36(57)33(54)26(19-50)64-42/h11,22-23,25-44,50-62H,9-10,12-21H2,1-8H3/t22-,23?,25?,26-,27-,28-,29?,30+,31-,32-,33-,34-,35-,36+,37+,38+,39-,40-,41-,42?,43+,44+,47-,48+,49+/m1/s1. The van der Waals surface area contributed by atoms with Crippen molar-refractivity contribution in [2.45, 2.75) is 229 Å². The van der Waals surface area contributed by atoms with Crippen LogP contribution in [0.2, 0.25) is 0 Å². The van der Waals surface area contributed by atoms with Crippen molar-refractivity contribution in [3.05, 3.63) is 11.6 Å². The molecular weight excluding hydrogens is 893 g/mol. The van der Waals surface area contributed by atoms with E-state index in [-0.39, 0.29) is 51.8 Å². The summed E-state index contributed by atoms with van der Waals surface area (Å²) in [5.41, 5.74) is -1.26. The van der Waals surface area contributed by atoms with Gasteiger partial charge in [0.15, 0.2) is 18.9 Å². The molecule has 0 aromatic heterocycles. The molecule has 3 heterocycles. The van der Waals surface area contributed by atoms with E-state index in [1.54, 1.807) is 13.8 Å². The van der Waals surface area contributed by atoms with Crippen molar-refractivity contribution in [1.82, 2.24) is 0 Å². The largest absolute Gasteiger partial charge is 0.394 e. The maximum Gasteiger partial charge on any atom is 0.187 e. The van der Waals surface area contributed by atoms with E-state index < -0.39 is 136 Å². The number of hydrogen-bond acceptors (Lipinski definition) is 19. The molecule has 394 valence electrons. The van der Waals surface area contributed by atoms with E-state index >= 15 is 0 Å². The molecule has 0 spiro atoms. The molecule has 3 saturated carbocycles. The van der Waals surface area contributed by atoms with E-state index in [9.17, 15) is 66.4 Å². The molecule has 6 fully saturated rings. The fraction of sp³-hybridized carbons (Fsp3) is 0.959. The van der Waals surface area contributed by atoms with Crippen LogP contribution in [0.5, 0.6) is 0 Å². The Balaban J connectivity index is 1.11. The van der Waals surface area contributed by atoms with Gasteiger partial charge in [-0.25, -0.2) is 0 Å². The van der Waals surface area contributed by atoms with Gasteiger partial charge in [0.2, 0.25) is 0 Å². The molecule has 4 unspecified atom stereocenters. The minimum Gasteiger partial charge on any atom is -0.394 e. The summed E-state index contributed by atoms with van der Waals surface area (Å²) >= 11 is 0. The van der Waals surface area contributed by atoms with Crippen molar-refractivity contribution >= 4 is 0 Å². The molecule has 13 N–H and O–H groups in total. The Kier molecular flexibility index (Phi) is 16.4. The maximum absolute atomic E-state index is 12.5. The summed E-state index contributed by atoms with van der Waals surface area (Å²) in [6.07, 6.45) is -18.1. The van der Waals surface area contributed by atoms with Crippen LogP contribution in [0.4, 0.5) is 0 Å². The molecule has 7 aliphatic rings. The molecule has 0 amide bonds. The van der Waals surface area contributed by atoms with Gasteiger partial charge in [0.05, 0.1) is 43.7 Å². The zero-order valence-electron chi connectivity index (χ0n) is 41.0. The topological polar surface area (TPSA) is 318 Å². The van der Waals surface area contributed by atoms with E-state index in [1.807, 2.05) is 0 Å².